The van der Waals surface area contributed by atoms with Crippen LogP contribution < -0.4 is 0 Å². The second-order valence-electron chi connectivity index (χ2n) is 6.48. The molecule has 1 aromatic heterocycles. The van der Waals surface area contributed by atoms with Gasteiger partial charge in [0.05, 0.1) is 22.2 Å². The van der Waals surface area contributed by atoms with Crippen molar-refractivity contribution in [3.63, 3.8) is 0 Å². The predicted molar refractivity (Wildman–Crippen MR) is 104 cm³/mol. The van der Waals surface area contributed by atoms with Crippen LogP contribution in [-0.4, -0.2) is 32.8 Å². The lowest BCUT2D eigenvalue weighted by Gasteiger charge is -2.12. The number of H-pyrrole nitrogens is 1. The van der Waals surface area contributed by atoms with Crippen molar-refractivity contribution < 1.29 is 19.2 Å². The summed E-state index contributed by atoms with van der Waals surface area (Å²) in [5, 5.41) is 0.497. The molecule has 7 heteroatoms. The van der Waals surface area contributed by atoms with E-state index in [0.29, 0.717) is 21.9 Å². The monoisotopic (exact) mass is 383 g/mol. The summed E-state index contributed by atoms with van der Waals surface area (Å²) in [6, 6.07) is 20.8. The quantitative estimate of drug-likeness (QED) is 0.546. The Morgan fingerprint density at radius 3 is 2.17 bits per heavy atom. The van der Waals surface area contributed by atoms with Gasteiger partial charge in [0.25, 0.3) is 11.8 Å². The molecular formula is C22H13N3O4. The van der Waals surface area contributed by atoms with Gasteiger partial charge in [-0.1, -0.05) is 53.6 Å². The molecule has 3 aromatic carbocycles. The van der Waals surface area contributed by atoms with Crippen molar-refractivity contribution in [1.82, 2.24) is 15.0 Å². The lowest BCUT2D eigenvalue weighted by molar-refractivity contribution is -0.0583. The number of carbonyl (C=O) groups excluding carboxylic acids is 3. The minimum absolute atomic E-state index is 0.150. The van der Waals surface area contributed by atoms with E-state index in [2.05, 4.69) is 9.97 Å². The third-order valence-electron chi connectivity index (χ3n) is 4.71. The van der Waals surface area contributed by atoms with Crippen LogP contribution in [0.1, 0.15) is 31.1 Å². The Bertz CT molecular complexity index is 1260. The predicted octanol–water partition coefficient (Wildman–Crippen LogP) is 3.60. The maximum atomic E-state index is 12.8. The van der Waals surface area contributed by atoms with Crippen molar-refractivity contribution in [2.75, 3.05) is 0 Å². The number of benzene rings is 3. The molecule has 0 unspecified atom stereocenters. The lowest BCUT2D eigenvalue weighted by atomic mass is 10.1. The summed E-state index contributed by atoms with van der Waals surface area (Å²) >= 11 is 0. The van der Waals surface area contributed by atoms with Crippen LogP contribution in [0.2, 0.25) is 0 Å². The van der Waals surface area contributed by atoms with E-state index in [1.165, 1.54) is 12.1 Å². The van der Waals surface area contributed by atoms with E-state index in [1.54, 1.807) is 30.3 Å². The number of nitrogens with one attached hydrogen (secondary N) is 1. The number of aromatic nitrogens is 2. The van der Waals surface area contributed by atoms with Gasteiger partial charge in [0.1, 0.15) is 11.3 Å². The third-order valence-corrected chi connectivity index (χ3v) is 4.71. The number of hydroxylamine groups is 2. The van der Waals surface area contributed by atoms with Crippen molar-refractivity contribution in [1.29, 1.82) is 0 Å². The van der Waals surface area contributed by atoms with Crippen LogP contribution in [0, 0.1) is 0 Å². The molecule has 1 aliphatic rings. The van der Waals surface area contributed by atoms with Crippen LogP contribution in [-0.2, 0) is 4.84 Å². The fourth-order valence-corrected chi connectivity index (χ4v) is 3.31. The molecule has 0 radical (unpaired) electrons. The van der Waals surface area contributed by atoms with Crippen molar-refractivity contribution >= 4 is 28.8 Å². The molecule has 1 aliphatic heterocycles. The Labute approximate surface area is 164 Å². The number of hydrogen-bond acceptors (Lipinski definition) is 5. The summed E-state index contributed by atoms with van der Waals surface area (Å²) in [6.07, 6.45) is 0. The topological polar surface area (TPSA) is 92.4 Å². The van der Waals surface area contributed by atoms with Gasteiger partial charge in [-0.05, 0) is 24.3 Å². The van der Waals surface area contributed by atoms with Gasteiger partial charge in [-0.3, -0.25) is 9.59 Å². The standard InChI is InChI=1S/C22H13N3O4/c26-20-14-9-4-5-10-15(14)21(27)25(20)29-22(28)16-11-6-12-17-18(16)24-19(23-17)13-7-2-1-3-8-13/h1-12H,(H,23,24). The number of hydrogen-bond donors (Lipinski definition) is 1. The van der Waals surface area contributed by atoms with Crippen LogP contribution >= 0.6 is 0 Å². The second kappa shape index (κ2) is 6.42. The summed E-state index contributed by atoms with van der Waals surface area (Å²) in [6.45, 7) is 0. The normalized spacial score (nSPS) is 13.0. The molecule has 0 atom stereocenters. The smallest absolute Gasteiger partial charge is 0.338 e. The zero-order chi connectivity index (χ0) is 20.0. The highest BCUT2D eigenvalue weighted by atomic mass is 16.7. The molecule has 0 saturated heterocycles. The molecule has 0 fully saturated rings. The van der Waals surface area contributed by atoms with Gasteiger partial charge >= 0.3 is 5.97 Å². The van der Waals surface area contributed by atoms with Crippen molar-refractivity contribution in [3.8, 4) is 11.4 Å². The number of carbonyl (C=O) groups is 3. The minimum atomic E-state index is -0.837. The number of imide groups is 1. The maximum Gasteiger partial charge on any atom is 0.366 e. The largest absolute Gasteiger partial charge is 0.366 e. The molecule has 0 spiro atoms. The van der Waals surface area contributed by atoms with Crippen LogP contribution in [0.3, 0.4) is 0 Å². The highest BCUT2D eigenvalue weighted by Crippen LogP contribution is 2.26. The average molecular weight is 383 g/mol. The number of imidazole rings is 1. The van der Waals surface area contributed by atoms with E-state index in [4.69, 9.17) is 4.84 Å². The van der Waals surface area contributed by atoms with E-state index in [0.717, 1.165) is 5.56 Å². The van der Waals surface area contributed by atoms with Gasteiger partial charge in [-0.2, -0.15) is 0 Å². The van der Waals surface area contributed by atoms with Gasteiger partial charge in [0.15, 0.2) is 0 Å². The van der Waals surface area contributed by atoms with Crippen LogP contribution in [0.25, 0.3) is 22.4 Å². The summed E-state index contributed by atoms with van der Waals surface area (Å²) in [7, 11) is 0. The molecule has 0 bridgehead atoms. The molecule has 29 heavy (non-hydrogen) atoms. The van der Waals surface area contributed by atoms with Gasteiger partial charge < -0.3 is 9.82 Å². The molecule has 5 rings (SSSR count). The molecule has 0 aliphatic carbocycles. The van der Waals surface area contributed by atoms with Crippen LogP contribution in [0.4, 0.5) is 0 Å². The van der Waals surface area contributed by atoms with E-state index in [-0.39, 0.29) is 16.7 Å². The highest BCUT2D eigenvalue weighted by molar-refractivity contribution is 6.21. The summed E-state index contributed by atoms with van der Waals surface area (Å²) in [4.78, 5) is 50.5. The van der Waals surface area contributed by atoms with Crippen LogP contribution in [0.5, 0.6) is 0 Å². The third kappa shape index (κ3) is 2.68. The number of rotatable bonds is 3. The number of nitrogens with zero attached hydrogens (tertiary/aromatic N) is 2. The van der Waals surface area contributed by atoms with E-state index in [1.807, 2.05) is 30.3 Å². The Morgan fingerprint density at radius 1 is 0.828 bits per heavy atom. The second-order valence-corrected chi connectivity index (χ2v) is 6.48. The Kier molecular flexibility index (Phi) is 3.74. The zero-order valence-corrected chi connectivity index (χ0v) is 15.0. The van der Waals surface area contributed by atoms with E-state index >= 15 is 0 Å². The fraction of sp³-hybridized carbons (Fsp3) is 0. The lowest BCUT2D eigenvalue weighted by Crippen LogP contribution is -2.32. The number of amides is 2. The first kappa shape index (κ1) is 16.9. The minimum Gasteiger partial charge on any atom is -0.338 e. The van der Waals surface area contributed by atoms with Gasteiger partial charge in [0, 0.05) is 5.56 Å². The highest BCUT2D eigenvalue weighted by Gasteiger charge is 2.39. The molecule has 0 saturated carbocycles. The Balaban J connectivity index is 1.49. The Hall–Kier alpha value is -4.26. The summed E-state index contributed by atoms with van der Waals surface area (Å²) in [5.41, 5.74) is 2.46. The first-order valence-corrected chi connectivity index (χ1v) is 8.88. The Morgan fingerprint density at radius 2 is 1.48 bits per heavy atom. The number of aromatic amines is 1. The first-order chi connectivity index (χ1) is 14.1. The van der Waals surface area contributed by atoms with Crippen molar-refractivity contribution in [3.05, 3.63) is 89.5 Å². The summed E-state index contributed by atoms with van der Waals surface area (Å²) < 4.78 is 0. The first-order valence-electron chi connectivity index (χ1n) is 8.88. The molecule has 140 valence electrons. The molecule has 4 aromatic rings. The molecule has 2 amide bonds. The van der Waals surface area contributed by atoms with Crippen LogP contribution in [0.15, 0.2) is 72.8 Å². The molecule has 1 N–H and O–H groups in total. The zero-order valence-electron chi connectivity index (χ0n) is 15.0. The van der Waals surface area contributed by atoms with Gasteiger partial charge in [-0.15, -0.1) is 0 Å². The molecule has 7 nitrogen and oxygen atoms in total. The fourth-order valence-electron chi connectivity index (χ4n) is 3.31. The molecular weight excluding hydrogens is 370 g/mol. The van der Waals surface area contributed by atoms with Crippen molar-refractivity contribution in [2.24, 2.45) is 0 Å². The van der Waals surface area contributed by atoms with E-state index in [9.17, 15) is 14.4 Å². The van der Waals surface area contributed by atoms with E-state index < -0.39 is 17.8 Å². The maximum absolute atomic E-state index is 12.8. The van der Waals surface area contributed by atoms with Gasteiger partial charge in [-0.25, -0.2) is 9.78 Å². The summed E-state index contributed by atoms with van der Waals surface area (Å²) in [5.74, 6) is -1.57. The number of fused-ring (bicyclic) bond motifs is 2. The molecule has 2 heterocycles. The average Bonchev–Trinajstić information content (AvgIpc) is 3.30. The van der Waals surface area contributed by atoms with Gasteiger partial charge in [0.2, 0.25) is 0 Å². The SMILES string of the molecule is O=C(ON1C(=O)c2ccccc2C1=O)c1cccc2[nH]c(-c3ccccc3)nc12. The number of para-hydroxylation sites is 1. The van der Waals surface area contributed by atoms with Crippen molar-refractivity contribution in [2.45, 2.75) is 0 Å².